The molecule has 1 aliphatic rings. The van der Waals surface area contributed by atoms with Gasteiger partial charge in [0.25, 0.3) is 5.56 Å². The van der Waals surface area contributed by atoms with Crippen molar-refractivity contribution < 1.29 is 14.6 Å². The Kier molecular flexibility index (Phi) is 5.24. The lowest BCUT2D eigenvalue weighted by Gasteiger charge is -2.20. The number of nitriles is 1. The molecule has 0 aliphatic heterocycles. The number of halogens is 1. The molecule has 3 rings (SSSR count). The summed E-state index contributed by atoms with van der Waals surface area (Å²) in [7, 11) is 1.47. The quantitative estimate of drug-likeness (QED) is 0.808. The van der Waals surface area contributed by atoms with Crippen molar-refractivity contribution in [2.24, 2.45) is 0 Å². The number of aromatic hydroxyl groups is 1. The van der Waals surface area contributed by atoms with Gasteiger partial charge in [0, 0.05) is 11.6 Å². The summed E-state index contributed by atoms with van der Waals surface area (Å²) in [6.07, 6.45) is 3.32. The van der Waals surface area contributed by atoms with Gasteiger partial charge in [-0.15, -0.1) is 0 Å². The Hall–Kier alpha value is -2.78. The summed E-state index contributed by atoms with van der Waals surface area (Å²) in [5.74, 6) is -0.471. The molecule has 0 unspecified atom stereocenters. The highest BCUT2D eigenvalue weighted by Crippen LogP contribution is 2.35. The number of pyridine rings is 1. The van der Waals surface area contributed by atoms with Gasteiger partial charge in [-0.05, 0) is 43.5 Å². The molecular weight excluding hydrogens is 368 g/mol. The lowest BCUT2D eigenvalue weighted by molar-refractivity contribution is 0.103. The Morgan fingerprint density at radius 2 is 2.04 bits per heavy atom. The van der Waals surface area contributed by atoms with Crippen LogP contribution in [-0.2, 0) is 0 Å². The molecule has 1 aliphatic carbocycles. The van der Waals surface area contributed by atoms with E-state index in [1.54, 1.807) is 6.07 Å². The molecule has 1 heterocycles. The third kappa shape index (κ3) is 3.19. The first-order chi connectivity index (χ1) is 12.9. The highest BCUT2D eigenvalue weighted by Gasteiger charge is 2.29. The van der Waals surface area contributed by atoms with Gasteiger partial charge in [-0.2, -0.15) is 5.26 Å². The first kappa shape index (κ1) is 19.0. The molecule has 1 aromatic carbocycles. The van der Waals surface area contributed by atoms with Crippen LogP contribution < -0.4 is 10.3 Å². The van der Waals surface area contributed by atoms with E-state index >= 15 is 0 Å². The van der Waals surface area contributed by atoms with E-state index in [2.05, 4.69) is 0 Å². The minimum atomic E-state index is -0.552. The Labute approximate surface area is 161 Å². The first-order valence-electron chi connectivity index (χ1n) is 8.67. The molecule has 1 aromatic heterocycles. The molecule has 0 spiro atoms. The summed E-state index contributed by atoms with van der Waals surface area (Å²) >= 11 is 6.11. The van der Waals surface area contributed by atoms with Gasteiger partial charge in [0.1, 0.15) is 17.4 Å². The number of benzene rings is 1. The average molecular weight is 387 g/mol. The van der Waals surface area contributed by atoms with Gasteiger partial charge in [0.15, 0.2) is 5.78 Å². The molecule has 0 atom stereocenters. The Morgan fingerprint density at radius 1 is 1.37 bits per heavy atom. The number of hydrogen-bond acceptors (Lipinski definition) is 5. The monoisotopic (exact) mass is 386 g/mol. The van der Waals surface area contributed by atoms with Crippen LogP contribution in [0.4, 0.5) is 0 Å². The van der Waals surface area contributed by atoms with Crippen LogP contribution >= 0.6 is 11.6 Å². The summed E-state index contributed by atoms with van der Waals surface area (Å²) in [5, 5.41) is 20.5. The molecule has 1 saturated carbocycles. The zero-order valence-corrected chi connectivity index (χ0v) is 15.8. The van der Waals surface area contributed by atoms with Gasteiger partial charge in [-0.1, -0.05) is 24.4 Å². The number of rotatable bonds is 4. The van der Waals surface area contributed by atoms with Crippen LogP contribution in [0.25, 0.3) is 0 Å². The molecule has 0 saturated heterocycles. The summed E-state index contributed by atoms with van der Waals surface area (Å²) in [6.45, 7) is 1.50. The third-order valence-corrected chi connectivity index (χ3v) is 5.37. The van der Waals surface area contributed by atoms with E-state index in [-0.39, 0.29) is 39.2 Å². The molecule has 2 aromatic rings. The molecule has 0 radical (unpaired) electrons. The Morgan fingerprint density at radius 3 is 2.59 bits per heavy atom. The maximum Gasteiger partial charge on any atom is 0.271 e. The molecule has 27 heavy (non-hydrogen) atoms. The molecule has 7 heteroatoms. The van der Waals surface area contributed by atoms with Crippen LogP contribution in [0.3, 0.4) is 0 Å². The lowest BCUT2D eigenvalue weighted by atomic mass is 9.96. The number of ketones is 1. The first-order valence-corrected chi connectivity index (χ1v) is 9.04. The van der Waals surface area contributed by atoms with Crippen molar-refractivity contribution in [1.29, 1.82) is 5.26 Å². The van der Waals surface area contributed by atoms with Gasteiger partial charge in [0.05, 0.1) is 17.7 Å². The minimum Gasteiger partial charge on any atom is -0.495 e. The second-order valence-corrected chi connectivity index (χ2v) is 7.01. The maximum atomic E-state index is 13.1. The van der Waals surface area contributed by atoms with Crippen LogP contribution in [0.1, 0.15) is 58.8 Å². The van der Waals surface area contributed by atoms with Gasteiger partial charge in [-0.25, -0.2) is 0 Å². The van der Waals surface area contributed by atoms with E-state index in [0.29, 0.717) is 5.75 Å². The third-order valence-electron chi connectivity index (χ3n) is 5.08. The zero-order valence-electron chi connectivity index (χ0n) is 15.1. The van der Waals surface area contributed by atoms with Gasteiger partial charge < -0.3 is 9.84 Å². The molecule has 140 valence electrons. The highest BCUT2D eigenvalue weighted by molar-refractivity contribution is 6.32. The average Bonchev–Trinajstić information content (AvgIpc) is 3.16. The van der Waals surface area contributed by atoms with Gasteiger partial charge in [0.2, 0.25) is 5.88 Å². The topological polar surface area (TPSA) is 92.3 Å². The van der Waals surface area contributed by atoms with Crippen LogP contribution in [0.15, 0.2) is 23.0 Å². The second-order valence-electron chi connectivity index (χ2n) is 6.60. The largest absolute Gasteiger partial charge is 0.495 e. The number of aromatic nitrogens is 1. The number of nitrogens with zero attached hydrogens (tertiary/aromatic N) is 2. The van der Waals surface area contributed by atoms with Gasteiger partial charge >= 0.3 is 0 Å². The van der Waals surface area contributed by atoms with Crippen LogP contribution in [0, 0.1) is 18.3 Å². The number of carbonyl (C=O) groups excluding carboxylic acids is 1. The number of methoxy groups -OCH3 is 1. The molecule has 1 N–H and O–H groups in total. The molecule has 0 amide bonds. The number of carbonyl (C=O) groups is 1. The van der Waals surface area contributed by atoms with E-state index in [4.69, 9.17) is 16.3 Å². The van der Waals surface area contributed by atoms with Crippen LogP contribution in [0.5, 0.6) is 11.6 Å². The van der Waals surface area contributed by atoms with E-state index < -0.39 is 11.3 Å². The van der Waals surface area contributed by atoms with Crippen molar-refractivity contribution in [3.8, 4) is 17.7 Å². The SMILES string of the molecule is COc1ccc(C(=O)c2c(C)c(C#N)c(=O)n(C3CCCC3)c2O)cc1Cl. The maximum absolute atomic E-state index is 13.1. The fourth-order valence-corrected chi connectivity index (χ4v) is 3.90. The summed E-state index contributed by atoms with van der Waals surface area (Å²) in [5.41, 5.74) is -0.309. The van der Waals surface area contributed by atoms with E-state index in [1.165, 1.54) is 30.7 Å². The van der Waals surface area contributed by atoms with Crippen molar-refractivity contribution in [2.75, 3.05) is 7.11 Å². The predicted molar refractivity (Wildman–Crippen MR) is 101 cm³/mol. The van der Waals surface area contributed by atoms with Crippen molar-refractivity contribution in [2.45, 2.75) is 38.6 Å². The standard InChI is InChI=1S/C20H19ClN2O4/c1-11-14(10-22)19(25)23(13-5-3-4-6-13)20(26)17(11)18(24)12-7-8-16(27-2)15(21)9-12/h7-9,13,26H,3-6H2,1-2H3. The van der Waals surface area contributed by atoms with E-state index in [9.17, 15) is 20.0 Å². The van der Waals surface area contributed by atoms with Crippen molar-refractivity contribution in [3.63, 3.8) is 0 Å². The predicted octanol–water partition coefficient (Wildman–Crippen LogP) is 3.74. The summed E-state index contributed by atoms with van der Waals surface area (Å²) in [4.78, 5) is 25.8. The summed E-state index contributed by atoms with van der Waals surface area (Å²) in [6, 6.07) is 6.21. The van der Waals surface area contributed by atoms with E-state index in [1.807, 2.05) is 6.07 Å². The smallest absolute Gasteiger partial charge is 0.271 e. The zero-order chi connectivity index (χ0) is 19.7. The van der Waals surface area contributed by atoms with E-state index in [0.717, 1.165) is 25.7 Å². The molecule has 0 bridgehead atoms. The molecule has 6 nitrogen and oxygen atoms in total. The van der Waals surface area contributed by atoms with Crippen molar-refractivity contribution in [3.05, 3.63) is 55.8 Å². The Bertz CT molecular complexity index is 1010. The summed E-state index contributed by atoms with van der Waals surface area (Å²) < 4.78 is 6.30. The molecule has 1 fully saturated rings. The number of hydrogen-bond donors (Lipinski definition) is 1. The van der Waals surface area contributed by atoms with Crippen molar-refractivity contribution in [1.82, 2.24) is 4.57 Å². The number of ether oxygens (including phenoxy) is 1. The fourth-order valence-electron chi connectivity index (χ4n) is 3.65. The van der Waals surface area contributed by atoms with Crippen LogP contribution in [0.2, 0.25) is 5.02 Å². The van der Waals surface area contributed by atoms with Crippen molar-refractivity contribution >= 4 is 17.4 Å². The van der Waals surface area contributed by atoms with Crippen LogP contribution in [-0.4, -0.2) is 22.6 Å². The minimum absolute atomic E-state index is 0.0423. The second kappa shape index (κ2) is 7.45. The fraction of sp³-hybridized carbons (Fsp3) is 0.350. The highest BCUT2D eigenvalue weighted by atomic mass is 35.5. The Balaban J connectivity index is 2.21. The lowest BCUT2D eigenvalue weighted by Crippen LogP contribution is -2.29. The normalized spacial score (nSPS) is 14.1. The van der Waals surface area contributed by atoms with Gasteiger partial charge in [-0.3, -0.25) is 14.2 Å². The molecular formula is C20H19ClN2O4.